The molecule has 1 aromatic heterocycles. The van der Waals surface area contributed by atoms with Crippen molar-refractivity contribution in [3.8, 4) is 0 Å². The van der Waals surface area contributed by atoms with Gasteiger partial charge in [-0.15, -0.1) is 0 Å². The van der Waals surface area contributed by atoms with Crippen LogP contribution in [0.15, 0.2) is 18.2 Å². The number of hydrogen-bond acceptors (Lipinski definition) is 3. The highest BCUT2D eigenvalue weighted by molar-refractivity contribution is 5.86. The number of fused-ring (bicyclic) bond motifs is 3. The van der Waals surface area contributed by atoms with Crippen LogP contribution in [0.2, 0.25) is 0 Å². The van der Waals surface area contributed by atoms with Gasteiger partial charge in [0.1, 0.15) is 0 Å². The highest BCUT2D eigenvalue weighted by Gasteiger charge is 2.21. The molecule has 0 saturated carbocycles. The Morgan fingerprint density at radius 3 is 2.79 bits per heavy atom. The van der Waals surface area contributed by atoms with Gasteiger partial charge in [-0.25, -0.2) is 0 Å². The number of nitrogens with zero attached hydrogens (tertiary/aromatic N) is 1. The van der Waals surface area contributed by atoms with E-state index in [1.807, 2.05) is 6.92 Å². The molecule has 1 aliphatic carbocycles. The quantitative estimate of drug-likeness (QED) is 0.731. The van der Waals surface area contributed by atoms with Crippen LogP contribution in [0.5, 0.6) is 0 Å². The molecule has 0 amide bonds. The first-order valence-corrected chi connectivity index (χ1v) is 9.27. The van der Waals surface area contributed by atoms with Crippen LogP contribution >= 0.6 is 0 Å². The van der Waals surface area contributed by atoms with Gasteiger partial charge in [-0.3, -0.25) is 0 Å². The molecular weight excluding hydrogens is 300 g/mol. The molecule has 3 rings (SSSR count). The maximum absolute atomic E-state index is 10.5. The average Bonchev–Trinajstić information content (AvgIpc) is 2.89. The highest BCUT2D eigenvalue weighted by atomic mass is 16.3. The predicted octanol–water partition coefficient (Wildman–Crippen LogP) is 2.55. The molecule has 4 heteroatoms. The minimum absolute atomic E-state index is 0.0672. The third kappa shape index (κ3) is 3.51. The van der Waals surface area contributed by atoms with Crippen LogP contribution in [0.1, 0.15) is 43.0 Å². The van der Waals surface area contributed by atoms with Gasteiger partial charge in [-0.1, -0.05) is 18.6 Å². The first kappa shape index (κ1) is 17.5. The van der Waals surface area contributed by atoms with Crippen molar-refractivity contribution in [1.82, 2.24) is 9.88 Å². The van der Waals surface area contributed by atoms with E-state index < -0.39 is 6.10 Å². The van der Waals surface area contributed by atoms with Gasteiger partial charge in [-0.2, -0.15) is 0 Å². The summed E-state index contributed by atoms with van der Waals surface area (Å²) in [6, 6.07) is 6.72. The first-order valence-electron chi connectivity index (χ1n) is 9.27. The SMILES string of the molecule is CC[C@@H](CO)NC[C@@H](O)Cn1c2c(c3cc(C)ccc31)CCCC2. The normalized spacial score (nSPS) is 17.0. The predicted molar refractivity (Wildman–Crippen MR) is 98.5 cm³/mol. The number of benzene rings is 1. The van der Waals surface area contributed by atoms with E-state index in [2.05, 4.69) is 35.0 Å². The number of rotatable bonds is 7. The molecule has 4 nitrogen and oxygen atoms in total. The molecule has 3 N–H and O–H groups in total. The minimum atomic E-state index is -0.450. The maximum Gasteiger partial charge on any atom is 0.0843 e. The second kappa shape index (κ2) is 7.68. The molecule has 0 spiro atoms. The lowest BCUT2D eigenvalue weighted by atomic mass is 9.95. The molecule has 1 heterocycles. The average molecular weight is 330 g/mol. The lowest BCUT2D eigenvalue weighted by Crippen LogP contribution is -2.39. The fourth-order valence-electron chi connectivity index (χ4n) is 3.87. The molecule has 132 valence electrons. The van der Waals surface area contributed by atoms with Crippen LogP contribution in [0.4, 0.5) is 0 Å². The number of aryl methyl sites for hydroxylation is 2. The summed E-state index contributed by atoms with van der Waals surface area (Å²) in [5.74, 6) is 0. The fourth-order valence-corrected chi connectivity index (χ4v) is 3.87. The number of aromatic nitrogens is 1. The largest absolute Gasteiger partial charge is 0.395 e. The van der Waals surface area contributed by atoms with E-state index in [0.29, 0.717) is 13.1 Å². The summed E-state index contributed by atoms with van der Waals surface area (Å²) in [7, 11) is 0. The summed E-state index contributed by atoms with van der Waals surface area (Å²) in [6.45, 7) is 5.43. The van der Waals surface area contributed by atoms with Gasteiger partial charge in [0.2, 0.25) is 0 Å². The lowest BCUT2D eigenvalue weighted by Gasteiger charge is -2.21. The minimum Gasteiger partial charge on any atom is -0.395 e. The van der Waals surface area contributed by atoms with E-state index in [-0.39, 0.29) is 12.6 Å². The van der Waals surface area contributed by atoms with Crippen LogP contribution in [0.3, 0.4) is 0 Å². The van der Waals surface area contributed by atoms with E-state index >= 15 is 0 Å². The molecule has 0 aliphatic heterocycles. The molecule has 2 aromatic rings. The monoisotopic (exact) mass is 330 g/mol. The fraction of sp³-hybridized carbons (Fsp3) is 0.600. The second-order valence-corrected chi connectivity index (χ2v) is 7.11. The molecular formula is C20H30N2O2. The van der Waals surface area contributed by atoms with E-state index in [4.69, 9.17) is 0 Å². The van der Waals surface area contributed by atoms with Crippen molar-refractivity contribution in [2.45, 2.75) is 64.6 Å². The van der Waals surface area contributed by atoms with E-state index in [0.717, 1.165) is 19.3 Å². The molecule has 0 bridgehead atoms. The lowest BCUT2D eigenvalue weighted by molar-refractivity contribution is 0.139. The van der Waals surface area contributed by atoms with Gasteiger partial charge in [-0.05, 0) is 56.7 Å². The van der Waals surface area contributed by atoms with Crippen molar-refractivity contribution >= 4 is 10.9 Å². The van der Waals surface area contributed by atoms with E-state index in [9.17, 15) is 10.2 Å². The Hall–Kier alpha value is -1.36. The molecule has 0 unspecified atom stereocenters. The van der Waals surface area contributed by atoms with Crippen molar-refractivity contribution in [3.63, 3.8) is 0 Å². The van der Waals surface area contributed by atoms with Crippen molar-refractivity contribution in [3.05, 3.63) is 35.0 Å². The van der Waals surface area contributed by atoms with Gasteiger partial charge < -0.3 is 20.1 Å². The van der Waals surface area contributed by atoms with Gasteiger partial charge in [0.15, 0.2) is 0 Å². The summed E-state index contributed by atoms with van der Waals surface area (Å²) in [6.07, 6.45) is 5.17. The summed E-state index contributed by atoms with van der Waals surface area (Å²) in [5.41, 5.74) is 5.45. The van der Waals surface area contributed by atoms with Crippen molar-refractivity contribution in [1.29, 1.82) is 0 Å². The summed E-state index contributed by atoms with van der Waals surface area (Å²) in [4.78, 5) is 0. The van der Waals surface area contributed by atoms with Crippen LogP contribution in [-0.4, -0.2) is 40.1 Å². The Labute approximate surface area is 144 Å². The molecule has 1 aliphatic rings. The van der Waals surface area contributed by atoms with Gasteiger partial charge in [0.05, 0.1) is 19.3 Å². The standard InChI is InChI=1S/C20H30N2O2/c1-3-15(13-23)21-11-16(24)12-22-19-7-5-4-6-17(19)18-10-14(2)8-9-20(18)22/h8-10,15-16,21,23-24H,3-7,11-13H2,1-2H3/t15-,16+/m0/s1. The van der Waals surface area contributed by atoms with Crippen LogP contribution in [-0.2, 0) is 19.4 Å². The number of nitrogens with one attached hydrogen (secondary N) is 1. The molecule has 0 saturated heterocycles. The van der Waals surface area contributed by atoms with Gasteiger partial charge in [0.25, 0.3) is 0 Å². The van der Waals surface area contributed by atoms with Crippen molar-refractivity contribution < 1.29 is 10.2 Å². The molecule has 2 atom stereocenters. The van der Waals surface area contributed by atoms with Crippen LogP contribution in [0, 0.1) is 6.92 Å². The second-order valence-electron chi connectivity index (χ2n) is 7.11. The Bertz CT molecular complexity index is 688. The molecule has 24 heavy (non-hydrogen) atoms. The van der Waals surface area contributed by atoms with Gasteiger partial charge in [0, 0.05) is 29.2 Å². The third-order valence-corrected chi connectivity index (χ3v) is 5.28. The summed E-state index contributed by atoms with van der Waals surface area (Å²) < 4.78 is 2.33. The third-order valence-electron chi connectivity index (χ3n) is 5.28. The number of aliphatic hydroxyl groups excluding tert-OH is 2. The molecule has 0 radical (unpaired) electrons. The van der Waals surface area contributed by atoms with Crippen LogP contribution in [0.25, 0.3) is 10.9 Å². The zero-order chi connectivity index (χ0) is 17.1. The highest BCUT2D eigenvalue weighted by Crippen LogP contribution is 2.33. The first-order chi connectivity index (χ1) is 11.6. The van der Waals surface area contributed by atoms with Gasteiger partial charge >= 0.3 is 0 Å². The summed E-state index contributed by atoms with van der Waals surface area (Å²) in [5, 5.41) is 24.4. The number of hydrogen-bond donors (Lipinski definition) is 3. The smallest absolute Gasteiger partial charge is 0.0843 e. The zero-order valence-corrected chi connectivity index (χ0v) is 14.9. The topological polar surface area (TPSA) is 57.4 Å². The molecule has 0 fully saturated rings. The number of aliphatic hydroxyl groups is 2. The maximum atomic E-state index is 10.5. The summed E-state index contributed by atoms with van der Waals surface area (Å²) >= 11 is 0. The Balaban J connectivity index is 1.83. The van der Waals surface area contributed by atoms with Crippen molar-refractivity contribution in [2.75, 3.05) is 13.2 Å². The molecule has 1 aromatic carbocycles. The zero-order valence-electron chi connectivity index (χ0n) is 14.9. The van der Waals surface area contributed by atoms with E-state index in [1.54, 1.807) is 0 Å². The van der Waals surface area contributed by atoms with Crippen molar-refractivity contribution in [2.24, 2.45) is 0 Å². The van der Waals surface area contributed by atoms with Crippen LogP contribution < -0.4 is 5.32 Å². The Morgan fingerprint density at radius 2 is 2.04 bits per heavy atom. The van der Waals surface area contributed by atoms with E-state index in [1.165, 1.54) is 40.6 Å². The Morgan fingerprint density at radius 1 is 1.25 bits per heavy atom. The Kier molecular flexibility index (Phi) is 5.59.